The Morgan fingerprint density at radius 1 is 1.53 bits per heavy atom. The van der Waals surface area contributed by atoms with Crippen molar-refractivity contribution in [2.45, 2.75) is 6.10 Å². The van der Waals surface area contributed by atoms with Crippen molar-refractivity contribution < 1.29 is 19.2 Å². The largest absolute Gasteiger partial charge is 0.451 e. The van der Waals surface area contributed by atoms with Gasteiger partial charge in [0.15, 0.2) is 0 Å². The van der Waals surface area contributed by atoms with Crippen LogP contribution in [0.3, 0.4) is 0 Å². The van der Waals surface area contributed by atoms with Crippen LogP contribution in [0, 0.1) is 10.1 Å². The number of rotatable bonds is 5. The number of carbonyl (C=O) groups excluding carboxylic acids is 1. The predicted octanol–water partition coefficient (Wildman–Crippen LogP) is 2.66. The average molecular weight is 260 g/mol. The van der Waals surface area contributed by atoms with Gasteiger partial charge in [0.25, 0.3) is 5.69 Å². The molecule has 0 bridgehead atoms. The summed E-state index contributed by atoms with van der Waals surface area (Å²) in [6.45, 7) is -0.177. The van der Waals surface area contributed by atoms with E-state index < -0.39 is 16.5 Å². The molecule has 0 spiro atoms. The van der Waals surface area contributed by atoms with Gasteiger partial charge in [-0.2, -0.15) is 0 Å². The Morgan fingerprint density at radius 3 is 2.71 bits per heavy atom. The summed E-state index contributed by atoms with van der Waals surface area (Å²) < 4.78 is 9.60. The minimum atomic E-state index is -0.981. The predicted molar refractivity (Wildman–Crippen MR) is 60.0 cm³/mol. The Labute approximate surface area is 102 Å². The van der Waals surface area contributed by atoms with E-state index >= 15 is 0 Å². The lowest BCUT2D eigenvalue weighted by molar-refractivity contribution is -0.386. The number of para-hydroxylation sites is 1. The number of benzene rings is 1. The molecule has 1 rings (SSSR count). The van der Waals surface area contributed by atoms with Crippen molar-refractivity contribution >= 4 is 22.7 Å². The number of nitro groups is 1. The van der Waals surface area contributed by atoms with Gasteiger partial charge in [0.1, 0.15) is 12.7 Å². The molecule has 0 aliphatic carbocycles. The lowest BCUT2D eigenvalue weighted by atomic mass is 10.1. The van der Waals surface area contributed by atoms with Crippen molar-refractivity contribution in [1.29, 1.82) is 0 Å². The fourth-order valence-corrected chi connectivity index (χ4v) is 1.42. The highest BCUT2D eigenvalue weighted by Gasteiger charge is 2.22. The first-order valence-electron chi connectivity index (χ1n) is 4.64. The van der Waals surface area contributed by atoms with E-state index in [9.17, 15) is 14.9 Å². The molecule has 0 saturated heterocycles. The van der Waals surface area contributed by atoms with Gasteiger partial charge in [-0.3, -0.25) is 10.1 Å². The van der Waals surface area contributed by atoms with E-state index in [0.29, 0.717) is 5.56 Å². The Hall–Kier alpha value is -1.66. The van der Waals surface area contributed by atoms with Crippen LogP contribution in [0.2, 0.25) is 0 Å². The minimum absolute atomic E-state index is 0.0926. The molecule has 1 aromatic rings. The summed E-state index contributed by atoms with van der Waals surface area (Å²) in [5, 5.41) is 10.8. The highest BCUT2D eigenvalue weighted by atomic mass is 35.5. The molecule has 0 radical (unpaired) electrons. The Balaban J connectivity index is 2.94. The summed E-state index contributed by atoms with van der Waals surface area (Å²) in [6.07, 6.45) is -0.723. The van der Waals surface area contributed by atoms with Crippen LogP contribution in [0.15, 0.2) is 24.3 Å². The van der Waals surface area contributed by atoms with Gasteiger partial charge >= 0.3 is 5.43 Å². The molecule has 0 aliphatic heterocycles. The maximum absolute atomic E-state index is 10.8. The van der Waals surface area contributed by atoms with Crippen molar-refractivity contribution in [2.75, 3.05) is 13.7 Å². The van der Waals surface area contributed by atoms with Gasteiger partial charge in [-0.15, -0.1) is 0 Å². The first kappa shape index (κ1) is 13.4. The fourth-order valence-electron chi connectivity index (χ4n) is 1.35. The molecule has 0 amide bonds. The first-order chi connectivity index (χ1) is 8.06. The van der Waals surface area contributed by atoms with Gasteiger partial charge in [-0.25, -0.2) is 4.79 Å². The van der Waals surface area contributed by atoms with E-state index in [4.69, 9.17) is 16.3 Å². The third-order valence-corrected chi connectivity index (χ3v) is 2.22. The van der Waals surface area contributed by atoms with Crippen LogP contribution < -0.4 is 0 Å². The van der Waals surface area contributed by atoms with Crippen LogP contribution in [-0.2, 0) is 9.47 Å². The van der Waals surface area contributed by atoms with Gasteiger partial charge in [-0.1, -0.05) is 12.1 Å². The SMILES string of the molecule is COC(COC(=O)Cl)c1ccccc1[N+](=O)[O-]. The molecule has 6 nitrogen and oxygen atoms in total. The number of hydrogen-bond donors (Lipinski definition) is 0. The lowest BCUT2D eigenvalue weighted by Crippen LogP contribution is -2.12. The van der Waals surface area contributed by atoms with E-state index in [1.54, 1.807) is 12.1 Å². The maximum Gasteiger partial charge on any atom is 0.403 e. The quantitative estimate of drug-likeness (QED) is 0.461. The molecular formula is C10H10ClNO5. The number of halogens is 1. The summed E-state index contributed by atoms with van der Waals surface area (Å²) in [4.78, 5) is 20.7. The first-order valence-corrected chi connectivity index (χ1v) is 5.02. The topological polar surface area (TPSA) is 78.7 Å². The lowest BCUT2D eigenvalue weighted by Gasteiger charge is -2.14. The summed E-state index contributed by atoms with van der Waals surface area (Å²) >= 11 is 5.02. The molecule has 17 heavy (non-hydrogen) atoms. The van der Waals surface area contributed by atoms with E-state index in [1.165, 1.54) is 19.2 Å². The van der Waals surface area contributed by atoms with Gasteiger partial charge in [0.2, 0.25) is 0 Å². The normalized spacial score (nSPS) is 11.9. The second kappa shape index (κ2) is 6.17. The van der Waals surface area contributed by atoms with E-state index in [0.717, 1.165) is 0 Å². The van der Waals surface area contributed by atoms with Crippen molar-refractivity contribution in [3.8, 4) is 0 Å². The van der Waals surface area contributed by atoms with Crippen LogP contribution >= 0.6 is 11.6 Å². The Kier molecular flexibility index (Phi) is 4.86. The maximum atomic E-state index is 10.8. The van der Waals surface area contributed by atoms with Crippen LogP contribution in [0.5, 0.6) is 0 Å². The number of hydrogen-bond acceptors (Lipinski definition) is 5. The highest BCUT2D eigenvalue weighted by molar-refractivity contribution is 6.61. The number of methoxy groups -OCH3 is 1. The highest BCUT2D eigenvalue weighted by Crippen LogP contribution is 2.27. The summed E-state index contributed by atoms with van der Waals surface area (Å²) in [5.74, 6) is 0. The van der Waals surface area contributed by atoms with Gasteiger partial charge < -0.3 is 9.47 Å². The molecule has 1 atom stereocenters. The molecule has 1 aromatic carbocycles. The molecule has 0 N–H and O–H groups in total. The Bertz CT molecular complexity index is 423. The van der Waals surface area contributed by atoms with E-state index in [1.807, 2.05) is 0 Å². The zero-order chi connectivity index (χ0) is 12.8. The minimum Gasteiger partial charge on any atom is -0.451 e. The second-order valence-electron chi connectivity index (χ2n) is 3.09. The van der Waals surface area contributed by atoms with Crippen LogP contribution in [0.4, 0.5) is 10.5 Å². The van der Waals surface area contributed by atoms with Gasteiger partial charge in [-0.05, 0) is 6.07 Å². The average Bonchev–Trinajstić information content (AvgIpc) is 2.30. The molecule has 0 saturated carbocycles. The number of nitro benzene ring substituents is 1. The molecule has 0 heterocycles. The molecule has 0 aliphatic rings. The van der Waals surface area contributed by atoms with Crippen molar-refractivity contribution in [3.05, 3.63) is 39.9 Å². The third-order valence-electron chi connectivity index (χ3n) is 2.11. The van der Waals surface area contributed by atoms with Crippen molar-refractivity contribution in [1.82, 2.24) is 0 Å². The summed E-state index contributed by atoms with van der Waals surface area (Å²) in [6, 6.07) is 6.07. The van der Waals surface area contributed by atoms with Crippen LogP contribution in [-0.4, -0.2) is 24.1 Å². The second-order valence-corrected chi connectivity index (χ2v) is 3.40. The molecule has 1 unspecified atom stereocenters. The fraction of sp³-hybridized carbons (Fsp3) is 0.300. The smallest absolute Gasteiger partial charge is 0.403 e. The van der Waals surface area contributed by atoms with Crippen LogP contribution in [0.1, 0.15) is 11.7 Å². The van der Waals surface area contributed by atoms with E-state index in [-0.39, 0.29) is 12.3 Å². The van der Waals surface area contributed by atoms with Crippen LogP contribution in [0.25, 0.3) is 0 Å². The number of nitrogens with zero attached hydrogens (tertiary/aromatic N) is 1. The zero-order valence-corrected chi connectivity index (χ0v) is 9.72. The van der Waals surface area contributed by atoms with Crippen molar-refractivity contribution in [2.24, 2.45) is 0 Å². The summed E-state index contributed by atoms with van der Waals surface area (Å²) in [7, 11) is 1.36. The molecule has 0 aromatic heterocycles. The van der Waals surface area contributed by atoms with Gasteiger partial charge in [0.05, 0.1) is 10.5 Å². The number of ether oxygens (including phenoxy) is 2. The molecule has 0 fully saturated rings. The zero-order valence-electron chi connectivity index (χ0n) is 8.96. The standard InChI is InChI=1S/C10H10ClNO5/c1-16-9(6-17-10(11)13)7-4-2-3-5-8(7)12(14)15/h2-5,9H,6H2,1H3. The Morgan fingerprint density at radius 2 is 2.18 bits per heavy atom. The monoisotopic (exact) mass is 259 g/mol. The molecule has 92 valence electrons. The molecular weight excluding hydrogens is 250 g/mol. The third kappa shape index (κ3) is 3.69. The van der Waals surface area contributed by atoms with E-state index in [2.05, 4.69) is 4.74 Å². The number of carbonyl (C=O) groups is 1. The van der Waals surface area contributed by atoms with Crippen molar-refractivity contribution in [3.63, 3.8) is 0 Å². The summed E-state index contributed by atoms with van der Waals surface area (Å²) in [5.41, 5.74) is -0.742. The molecule has 7 heteroatoms. The van der Waals surface area contributed by atoms with Gasteiger partial charge in [0, 0.05) is 24.8 Å².